The van der Waals surface area contributed by atoms with Gasteiger partial charge >= 0.3 is 0 Å². The van der Waals surface area contributed by atoms with Crippen LogP contribution < -0.4 is 5.32 Å². The summed E-state index contributed by atoms with van der Waals surface area (Å²) in [4.78, 5) is 0. The van der Waals surface area contributed by atoms with Crippen LogP contribution in [0.4, 0.5) is 0 Å². The van der Waals surface area contributed by atoms with Crippen molar-refractivity contribution in [3.05, 3.63) is 16.4 Å². The standard InChI is InChI=1S/C11H20BrN3/c1-4-15-11(10(12)8-14-15)6-5-7-13-9(2)3/h8-9,13H,4-7H2,1-3H3. The summed E-state index contributed by atoms with van der Waals surface area (Å²) in [6, 6.07) is 0.574. The second kappa shape index (κ2) is 6.28. The number of rotatable bonds is 6. The summed E-state index contributed by atoms with van der Waals surface area (Å²) < 4.78 is 3.19. The Kier molecular flexibility index (Phi) is 5.32. The Morgan fingerprint density at radius 2 is 2.27 bits per heavy atom. The molecule has 1 heterocycles. The van der Waals surface area contributed by atoms with Gasteiger partial charge in [-0.25, -0.2) is 0 Å². The Labute approximate surface area is 100 Å². The molecular formula is C11H20BrN3. The second-order valence-corrected chi connectivity index (χ2v) is 4.82. The van der Waals surface area contributed by atoms with Gasteiger partial charge in [-0.1, -0.05) is 13.8 Å². The molecule has 0 fully saturated rings. The van der Waals surface area contributed by atoms with E-state index in [2.05, 4.69) is 51.8 Å². The molecule has 0 amide bonds. The van der Waals surface area contributed by atoms with Gasteiger partial charge in [0.2, 0.25) is 0 Å². The number of nitrogens with one attached hydrogen (secondary N) is 1. The van der Waals surface area contributed by atoms with Crippen LogP contribution in [-0.4, -0.2) is 22.4 Å². The first-order valence-corrected chi connectivity index (χ1v) is 6.38. The van der Waals surface area contributed by atoms with Gasteiger partial charge in [-0.15, -0.1) is 0 Å². The molecule has 0 spiro atoms. The number of nitrogens with zero attached hydrogens (tertiary/aromatic N) is 2. The van der Waals surface area contributed by atoms with Gasteiger partial charge in [0.05, 0.1) is 16.4 Å². The molecule has 86 valence electrons. The van der Waals surface area contributed by atoms with Crippen LogP contribution in [0.3, 0.4) is 0 Å². The van der Waals surface area contributed by atoms with Crippen LogP contribution in [0.25, 0.3) is 0 Å². The maximum atomic E-state index is 4.30. The summed E-state index contributed by atoms with van der Waals surface area (Å²) in [7, 11) is 0. The molecule has 1 aromatic rings. The minimum Gasteiger partial charge on any atom is -0.315 e. The molecule has 0 radical (unpaired) electrons. The maximum absolute atomic E-state index is 4.30. The Hall–Kier alpha value is -0.350. The number of aromatic nitrogens is 2. The number of hydrogen-bond acceptors (Lipinski definition) is 2. The lowest BCUT2D eigenvalue weighted by Crippen LogP contribution is -2.24. The van der Waals surface area contributed by atoms with Crippen LogP contribution in [0.1, 0.15) is 32.9 Å². The summed E-state index contributed by atoms with van der Waals surface area (Å²) in [6.07, 6.45) is 4.12. The van der Waals surface area contributed by atoms with Crippen molar-refractivity contribution in [3.63, 3.8) is 0 Å². The van der Waals surface area contributed by atoms with Crippen LogP contribution in [0, 0.1) is 0 Å². The van der Waals surface area contributed by atoms with E-state index in [9.17, 15) is 0 Å². The van der Waals surface area contributed by atoms with E-state index in [4.69, 9.17) is 0 Å². The average molecular weight is 274 g/mol. The molecule has 0 aromatic carbocycles. The molecule has 0 saturated carbocycles. The monoisotopic (exact) mass is 273 g/mol. The summed E-state index contributed by atoms with van der Waals surface area (Å²) in [6.45, 7) is 8.48. The number of aryl methyl sites for hydroxylation is 1. The van der Waals surface area contributed by atoms with E-state index in [1.54, 1.807) is 0 Å². The van der Waals surface area contributed by atoms with Crippen molar-refractivity contribution in [1.82, 2.24) is 15.1 Å². The molecule has 15 heavy (non-hydrogen) atoms. The van der Waals surface area contributed by atoms with Crippen LogP contribution >= 0.6 is 15.9 Å². The molecule has 0 bridgehead atoms. The second-order valence-electron chi connectivity index (χ2n) is 3.97. The fourth-order valence-electron chi connectivity index (χ4n) is 1.56. The predicted molar refractivity (Wildman–Crippen MR) is 67.1 cm³/mol. The van der Waals surface area contributed by atoms with E-state index in [-0.39, 0.29) is 0 Å². The van der Waals surface area contributed by atoms with E-state index in [1.807, 2.05) is 6.20 Å². The first-order chi connectivity index (χ1) is 7.15. The van der Waals surface area contributed by atoms with E-state index in [0.29, 0.717) is 6.04 Å². The topological polar surface area (TPSA) is 29.9 Å². The Bertz CT molecular complexity index is 294. The van der Waals surface area contributed by atoms with Gasteiger partial charge in [0.1, 0.15) is 0 Å². The molecule has 0 aliphatic rings. The van der Waals surface area contributed by atoms with Crippen LogP contribution in [-0.2, 0) is 13.0 Å². The van der Waals surface area contributed by atoms with Gasteiger partial charge < -0.3 is 5.32 Å². The largest absolute Gasteiger partial charge is 0.315 e. The summed E-state index contributed by atoms with van der Waals surface area (Å²) in [5.74, 6) is 0. The molecule has 0 unspecified atom stereocenters. The molecular weight excluding hydrogens is 254 g/mol. The minimum atomic E-state index is 0.574. The van der Waals surface area contributed by atoms with Crippen molar-refractivity contribution in [2.24, 2.45) is 0 Å². The van der Waals surface area contributed by atoms with Crippen molar-refractivity contribution >= 4 is 15.9 Å². The van der Waals surface area contributed by atoms with Crippen molar-refractivity contribution in [1.29, 1.82) is 0 Å². The minimum absolute atomic E-state index is 0.574. The highest BCUT2D eigenvalue weighted by Gasteiger charge is 2.06. The predicted octanol–water partition coefficient (Wildman–Crippen LogP) is 2.60. The Balaban J connectivity index is 2.39. The van der Waals surface area contributed by atoms with Crippen LogP contribution in [0.5, 0.6) is 0 Å². The fourth-order valence-corrected chi connectivity index (χ4v) is 2.05. The maximum Gasteiger partial charge on any atom is 0.0635 e. The third-order valence-electron chi connectivity index (χ3n) is 2.34. The SMILES string of the molecule is CCn1ncc(Br)c1CCCNC(C)C. The van der Waals surface area contributed by atoms with Gasteiger partial charge in [-0.3, -0.25) is 4.68 Å². The molecule has 0 aliphatic carbocycles. The lowest BCUT2D eigenvalue weighted by molar-refractivity contribution is 0.552. The van der Waals surface area contributed by atoms with E-state index >= 15 is 0 Å². The van der Waals surface area contributed by atoms with Gasteiger partial charge in [-0.2, -0.15) is 5.10 Å². The quantitative estimate of drug-likeness (QED) is 0.808. The third kappa shape index (κ3) is 3.95. The van der Waals surface area contributed by atoms with Crippen molar-refractivity contribution < 1.29 is 0 Å². The molecule has 4 heteroatoms. The average Bonchev–Trinajstić information content (AvgIpc) is 2.54. The lowest BCUT2D eigenvalue weighted by Gasteiger charge is -2.08. The molecule has 3 nitrogen and oxygen atoms in total. The van der Waals surface area contributed by atoms with Gasteiger partial charge in [-0.05, 0) is 42.2 Å². The molecule has 0 atom stereocenters. The van der Waals surface area contributed by atoms with Gasteiger partial charge in [0, 0.05) is 12.6 Å². The van der Waals surface area contributed by atoms with Crippen LogP contribution in [0.2, 0.25) is 0 Å². The van der Waals surface area contributed by atoms with Crippen LogP contribution in [0.15, 0.2) is 10.7 Å². The Morgan fingerprint density at radius 1 is 1.53 bits per heavy atom. The summed E-state index contributed by atoms with van der Waals surface area (Å²) >= 11 is 3.54. The van der Waals surface area contributed by atoms with Gasteiger partial charge in [0.15, 0.2) is 0 Å². The molecule has 0 aliphatic heterocycles. The van der Waals surface area contributed by atoms with E-state index in [0.717, 1.165) is 30.4 Å². The highest BCUT2D eigenvalue weighted by molar-refractivity contribution is 9.10. The van der Waals surface area contributed by atoms with Crippen molar-refractivity contribution in [3.8, 4) is 0 Å². The highest BCUT2D eigenvalue weighted by atomic mass is 79.9. The Morgan fingerprint density at radius 3 is 2.87 bits per heavy atom. The molecule has 0 saturated heterocycles. The third-order valence-corrected chi connectivity index (χ3v) is 3.00. The fraction of sp³-hybridized carbons (Fsp3) is 0.727. The van der Waals surface area contributed by atoms with E-state index < -0.39 is 0 Å². The smallest absolute Gasteiger partial charge is 0.0635 e. The van der Waals surface area contributed by atoms with Gasteiger partial charge in [0.25, 0.3) is 0 Å². The zero-order chi connectivity index (χ0) is 11.3. The van der Waals surface area contributed by atoms with Crippen molar-refractivity contribution in [2.45, 2.75) is 46.2 Å². The molecule has 1 rings (SSSR count). The lowest BCUT2D eigenvalue weighted by atomic mass is 10.2. The summed E-state index contributed by atoms with van der Waals surface area (Å²) in [5, 5.41) is 7.72. The zero-order valence-electron chi connectivity index (χ0n) is 9.76. The summed E-state index contributed by atoms with van der Waals surface area (Å²) in [5.41, 5.74) is 1.31. The van der Waals surface area contributed by atoms with Crippen molar-refractivity contribution in [2.75, 3.05) is 6.54 Å². The highest BCUT2D eigenvalue weighted by Crippen LogP contribution is 2.17. The number of halogens is 1. The first-order valence-electron chi connectivity index (χ1n) is 5.58. The molecule has 1 N–H and O–H groups in total. The first kappa shape index (κ1) is 12.7. The normalized spacial score (nSPS) is 11.3. The van der Waals surface area contributed by atoms with E-state index in [1.165, 1.54) is 5.69 Å². The number of hydrogen-bond donors (Lipinski definition) is 1. The zero-order valence-corrected chi connectivity index (χ0v) is 11.3. The molecule has 1 aromatic heterocycles.